The van der Waals surface area contributed by atoms with Crippen molar-refractivity contribution in [2.45, 2.75) is 45.6 Å². The second-order valence-electron chi connectivity index (χ2n) is 10.0. The molecule has 11 heteroatoms. The zero-order valence-electron chi connectivity index (χ0n) is 22.6. The molecule has 2 bridgehead atoms. The molecule has 2 fully saturated rings. The van der Waals surface area contributed by atoms with E-state index in [4.69, 9.17) is 4.74 Å². The van der Waals surface area contributed by atoms with Crippen molar-refractivity contribution in [3.05, 3.63) is 97.6 Å². The molecule has 0 heterocycles. The van der Waals surface area contributed by atoms with E-state index in [2.05, 4.69) is 59.8 Å². The third-order valence-corrected chi connectivity index (χ3v) is 10.3. The van der Waals surface area contributed by atoms with Gasteiger partial charge in [-0.3, -0.25) is 4.79 Å². The van der Waals surface area contributed by atoms with E-state index in [-0.39, 0.29) is 16.8 Å². The summed E-state index contributed by atoms with van der Waals surface area (Å²) in [6.45, 7) is 1.72. The van der Waals surface area contributed by atoms with Crippen LogP contribution in [0.1, 0.15) is 25.7 Å². The van der Waals surface area contributed by atoms with E-state index in [1.165, 1.54) is 14.7 Å². The highest BCUT2D eigenvalue weighted by atomic mass is 32.2. The van der Waals surface area contributed by atoms with Crippen molar-refractivity contribution in [1.29, 1.82) is 0 Å². The first-order valence-corrected chi connectivity index (χ1v) is 15.9. The maximum absolute atomic E-state index is 12.8. The average molecular weight is 617 g/mol. The van der Waals surface area contributed by atoms with Crippen molar-refractivity contribution in [2.24, 2.45) is 17.8 Å². The summed E-state index contributed by atoms with van der Waals surface area (Å²) in [5.74, 6) is -0.572. The van der Waals surface area contributed by atoms with Gasteiger partial charge in [0.1, 0.15) is 5.75 Å². The number of hydrogen-bond acceptors (Lipinski definition) is 7. The van der Waals surface area contributed by atoms with Gasteiger partial charge in [0.2, 0.25) is 0 Å². The predicted octanol–water partition coefficient (Wildman–Crippen LogP) is 5.98. The summed E-state index contributed by atoms with van der Waals surface area (Å²) < 4.78 is 65.7. The number of benzene rings is 3. The van der Waals surface area contributed by atoms with Gasteiger partial charge < -0.3 is 14.0 Å². The molecule has 42 heavy (non-hydrogen) atoms. The SMILES string of the molecule is C=CC(=O)Oc1ccc([S+](c2ccccc2)c2ccccc2)cc1.O=C(OCC(F)(F)S(=O)(=O)[O-])C1CC2CCC1C2. The van der Waals surface area contributed by atoms with E-state index in [1.807, 2.05) is 36.4 Å². The summed E-state index contributed by atoms with van der Waals surface area (Å²) in [4.78, 5) is 26.5. The maximum atomic E-state index is 12.8. The quantitative estimate of drug-likeness (QED) is 0.0957. The van der Waals surface area contributed by atoms with Crippen LogP contribution in [0.2, 0.25) is 0 Å². The van der Waals surface area contributed by atoms with Gasteiger partial charge in [0.25, 0.3) is 0 Å². The van der Waals surface area contributed by atoms with Crippen LogP contribution in [-0.4, -0.2) is 36.8 Å². The minimum atomic E-state index is -5.79. The molecule has 3 aromatic carbocycles. The van der Waals surface area contributed by atoms with Crippen LogP contribution in [0.3, 0.4) is 0 Å². The Morgan fingerprint density at radius 1 is 0.905 bits per heavy atom. The minimum Gasteiger partial charge on any atom is -0.743 e. The number of esters is 2. The topological polar surface area (TPSA) is 110 Å². The largest absolute Gasteiger partial charge is 0.743 e. The first-order chi connectivity index (χ1) is 20.0. The van der Waals surface area contributed by atoms with Crippen LogP contribution >= 0.6 is 0 Å². The van der Waals surface area contributed by atoms with Crippen LogP contribution in [0.5, 0.6) is 5.75 Å². The molecule has 0 radical (unpaired) electrons. The first kappa shape index (κ1) is 31.4. The van der Waals surface area contributed by atoms with Crippen molar-refractivity contribution < 1.29 is 40.8 Å². The smallest absolute Gasteiger partial charge is 0.367 e. The Labute approximate surface area is 246 Å². The zero-order valence-corrected chi connectivity index (χ0v) is 24.2. The molecule has 3 aromatic rings. The predicted molar refractivity (Wildman–Crippen MR) is 152 cm³/mol. The van der Waals surface area contributed by atoms with Crippen LogP contribution in [0, 0.1) is 17.8 Å². The van der Waals surface area contributed by atoms with Gasteiger partial charge in [-0.15, -0.1) is 0 Å². The molecule has 2 aliphatic carbocycles. The zero-order chi connectivity index (χ0) is 30.3. The fourth-order valence-corrected chi connectivity index (χ4v) is 7.48. The summed E-state index contributed by atoms with van der Waals surface area (Å²) in [5.41, 5.74) is 0. The Bertz CT molecular complexity index is 1440. The van der Waals surface area contributed by atoms with Crippen molar-refractivity contribution in [1.82, 2.24) is 0 Å². The standard InChI is InChI=1S/C21H17O2S.C10H14F2O5S/c1-2-21(22)23-17-13-15-20(16-14-17)24(18-9-5-3-6-10-18)19-11-7-4-8-12-19;11-10(12,18(14,15)16)5-17-9(13)8-4-6-1-2-7(8)3-6/h2-16H,1H2;6-8H,1-5H2,(H,14,15,16)/q+1;/p-1. The molecule has 0 N–H and O–H groups in total. The van der Waals surface area contributed by atoms with E-state index in [9.17, 15) is 31.3 Å². The number of ether oxygens (including phenoxy) is 2. The molecular weight excluding hydrogens is 586 g/mol. The lowest BCUT2D eigenvalue weighted by Gasteiger charge is -2.23. The second kappa shape index (κ2) is 13.6. The van der Waals surface area contributed by atoms with Crippen molar-refractivity contribution in [2.75, 3.05) is 6.61 Å². The van der Waals surface area contributed by atoms with Crippen molar-refractivity contribution in [3.8, 4) is 5.75 Å². The first-order valence-electron chi connectivity index (χ1n) is 13.3. The lowest BCUT2D eigenvalue weighted by Crippen LogP contribution is -2.36. The van der Waals surface area contributed by atoms with Crippen molar-refractivity contribution in [3.63, 3.8) is 0 Å². The molecule has 0 aromatic heterocycles. The number of carbonyl (C=O) groups is 2. The van der Waals surface area contributed by atoms with Gasteiger partial charge in [-0.1, -0.05) is 49.4 Å². The fraction of sp³-hybridized carbons (Fsp3) is 0.290. The van der Waals surface area contributed by atoms with Gasteiger partial charge in [-0.2, -0.15) is 8.78 Å². The van der Waals surface area contributed by atoms with Gasteiger partial charge in [0, 0.05) is 6.08 Å². The molecule has 0 saturated heterocycles. The van der Waals surface area contributed by atoms with E-state index in [1.54, 1.807) is 0 Å². The Morgan fingerprint density at radius 2 is 1.45 bits per heavy atom. The lowest BCUT2D eigenvalue weighted by molar-refractivity contribution is -0.156. The molecule has 0 aliphatic heterocycles. The van der Waals surface area contributed by atoms with Crippen LogP contribution in [0.4, 0.5) is 8.78 Å². The van der Waals surface area contributed by atoms with Crippen LogP contribution < -0.4 is 4.74 Å². The average Bonchev–Trinajstić information content (AvgIpc) is 3.62. The van der Waals surface area contributed by atoms with Gasteiger partial charge in [-0.25, -0.2) is 13.2 Å². The third-order valence-electron chi connectivity index (χ3n) is 7.19. The Morgan fingerprint density at radius 3 is 1.90 bits per heavy atom. The third kappa shape index (κ3) is 7.84. The summed E-state index contributed by atoms with van der Waals surface area (Å²) in [6.07, 6.45) is 4.59. The number of hydrogen-bond donors (Lipinski definition) is 0. The van der Waals surface area contributed by atoms with E-state index in [0.29, 0.717) is 18.1 Å². The molecule has 3 atom stereocenters. The highest BCUT2D eigenvalue weighted by Crippen LogP contribution is 2.48. The van der Waals surface area contributed by atoms with Crippen LogP contribution in [0.15, 0.2) is 112 Å². The molecule has 5 rings (SSSR count). The molecule has 2 aliphatic rings. The van der Waals surface area contributed by atoms with E-state index in [0.717, 1.165) is 25.3 Å². The van der Waals surface area contributed by atoms with Crippen molar-refractivity contribution >= 4 is 33.0 Å². The van der Waals surface area contributed by atoms with Crippen LogP contribution in [-0.2, 0) is 35.3 Å². The highest BCUT2D eigenvalue weighted by molar-refractivity contribution is 7.97. The molecular formula is C31H30F2O7S2. The Kier molecular flexibility index (Phi) is 10.2. The van der Waals surface area contributed by atoms with E-state index >= 15 is 0 Å². The fourth-order valence-electron chi connectivity index (χ4n) is 5.19. The number of carbonyl (C=O) groups excluding carboxylic acids is 2. The number of halogens is 2. The Hall–Kier alpha value is -3.54. The molecule has 3 unspecified atom stereocenters. The second-order valence-corrected chi connectivity index (χ2v) is 13.5. The molecule has 222 valence electrons. The Balaban J connectivity index is 0.000000201. The van der Waals surface area contributed by atoms with Crippen LogP contribution in [0.25, 0.3) is 0 Å². The molecule has 0 amide bonds. The normalized spacial score (nSPS) is 19.5. The molecule has 7 nitrogen and oxygen atoms in total. The lowest BCUT2D eigenvalue weighted by atomic mass is 9.89. The number of rotatable bonds is 9. The number of fused-ring (bicyclic) bond motifs is 2. The maximum Gasteiger partial charge on any atom is 0.367 e. The van der Waals surface area contributed by atoms with Gasteiger partial charge in [0.05, 0.1) is 16.8 Å². The number of alkyl halides is 2. The van der Waals surface area contributed by atoms with Gasteiger partial charge in [-0.05, 0) is 79.6 Å². The van der Waals surface area contributed by atoms with Gasteiger partial charge in [0.15, 0.2) is 31.4 Å². The highest BCUT2D eigenvalue weighted by Gasteiger charge is 2.46. The summed E-state index contributed by atoms with van der Waals surface area (Å²) >= 11 is 0. The molecule has 2 saturated carbocycles. The monoisotopic (exact) mass is 616 g/mol. The van der Waals surface area contributed by atoms with Gasteiger partial charge >= 0.3 is 17.2 Å². The summed E-state index contributed by atoms with van der Waals surface area (Å²) in [6, 6.07) is 28.5. The molecule has 0 spiro atoms. The summed E-state index contributed by atoms with van der Waals surface area (Å²) in [7, 11) is -5.99. The minimum absolute atomic E-state index is 0.153. The summed E-state index contributed by atoms with van der Waals surface area (Å²) in [5, 5.41) is -4.56. The van der Waals surface area contributed by atoms with E-state index < -0.39 is 39.8 Å².